The van der Waals surface area contributed by atoms with E-state index in [0.717, 1.165) is 44.1 Å². The van der Waals surface area contributed by atoms with E-state index in [1.807, 2.05) is 54.3 Å². The van der Waals surface area contributed by atoms with Crippen molar-refractivity contribution >= 4 is 17.3 Å². The molecule has 0 bridgehead atoms. The SMILES string of the molecule is Cn1ccnc1CN1CCN(c2cnn(Cc3ccccc3)c(=O)c2Cl)CC1. The molecule has 4 rings (SSSR count). The first-order valence-corrected chi connectivity index (χ1v) is 9.72. The van der Waals surface area contributed by atoms with Gasteiger partial charge in [0.1, 0.15) is 10.8 Å². The number of benzene rings is 1. The number of aromatic nitrogens is 4. The van der Waals surface area contributed by atoms with E-state index in [-0.39, 0.29) is 10.6 Å². The van der Waals surface area contributed by atoms with Crippen LogP contribution in [0.2, 0.25) is 5.02 Å². The predicted octanol–water partition coefficient (Wildman–Crippen LogP) is 2.00. The number of anilines is 1. The number of rotatable bonds is 5. The molecule has 1 aliphatic rings. The van der Waals surface area contributed by atoms with Gasteiger partial charge in [-0.1, -0.05) is 41.9 Å². The van der Waals surface area contributed by atoms with Crippen molar-refractivity contribution in [3.05, 3.63) is 75.7 Å². The van der Waals surface area contributed by atoms with E-state index in [9.17, 15) is 4.79 Å². The quantitative estimate of drug-likeness (QED) is 0.658. The van der Waals surface area contributed by atoms with Crippen LogP contribution in [0.15, 0.2) is 53.7 Å². The van der Waals surface area contributed by atoms with Crippen molar-refractivity contribution in [3.63, 3.8) is 0 Å². The molecule has 1 aliphatic heterocycles. The van der Waals surface area contributed by atoms with E-state index >= 15 is 0 Å². The van der Waals surface area contributed by atoms with Crippen molar-refractivity contribution in [2.24, 2.45) is 7.05 Å². The highest BCUT2D eigenvalue weighted by atomic mass is 35.5. The molecule has 0 atom stereocenters. The van der Waals surface area contributed by atoms with Gasteiger partial charge in [0.05, 0.1) is 25.0 Å². The number of hydrogen-bond donors (Lipinski definition) is 0. The number of nitrogens with zero attached hydrogens (tertiary/aromatic N) is 6. The first kappa shape index (κ1) is 18.7. The maximum absolute atomic E-state index is 12.7. The minimum atomic E-state index is -0.251. The van der Waals surface area contributed by atoms with Crippen LogP contribution in [0.25, 0.3) is 0 Å². The fourth-order valence-electron chi connectivity index (χ4n) is 3.44. The van der Waals surface area contributed by atoms with Gasteiger partial charge in [-0.25, -0.2) is 9.67 Å². The molecule has 0 N–H and O–H groups in total. The van der Waals surface area contributed by atoms with Crippen LogP contribution in [-0.4, -0.2) is 50.4 Å². The third-order valence-electron chi connectivity index (χ3n) is 5.14. The lowest BCUT2D eigenvalue weighted by Crippen LogP contribution is -2.46. The van der Waals surface area contributed by atoms with Gasteiger partial charge < -0.3 is 9.47 Å². The van der Waals surface area contributed by atoms with Gasteiger partial charge in [0.2, 0.25) is 0 Å². The van der Waals surface area contributed by atoms with Crippen LogP contribution in [0.1, 0.15) is 11.4 Å². The van der Waals surface area contributed by atoms with E-state index in [1.54, 1.807) is 6.20 Å². The Kier molecular flexibility index (Phi) is 5.45. The molecule has 0 amide bonds. The molecule has 3 aromatic rings. The molecule has 3 heterocycles. The zero-order valence-corrected chi connectivity index (χ0v) is 16.6. The van der Waals surface area contributed by atoms with Crippen molar-refractivity contribution in [1.82, 2.24) is 24.2 Å². The average molecular weight is 399 g/mol. The molecule has 28 heavy (non-hydrogen) atoms. The normalized spacial score (nSPS) is 15.1. The molecule has 2 aromatic heterocycles. The molecule has 146 valence electrons. The van der Waals surface area contributed by atoms with Crippen molar-refractivity contribution in [3.8, 4) is 0 Å². The molecule has 0 radical (unpaired) electrons. The van der Waals surface area contributed by atoms with Crippen LogP contribution < -0.4 is 10.5 Å². The number of aryl methyl sites for hydroxylation is 1. The minimum absolute atomic E-state index is 0.239. The second-order valence-electron chi connectivity index (χ2n) is 7.01. The molecule has 1 fully saturated rings. The highest BCUT2D eigenvalue weighted by molar-refractivity contribution is 6.33. The van der Waals surface area contributed by atoms with Gasteiger partial charge in [0, 0.05) is 45.6 Å². The van der Waals surface area contributed by atoms with Crippen molar-refractivity contribution in [1.29, 1.82) is 0 Å². The molecule has 0 aliphatic carbocycles. The minimum Gasteiger partial charge on any atom is -0.366 e. The molecule has 0 saturated carbocycles. The Balaban J connectivity index is 1.43. The maximum atomic E-state index is 12.7. The molecule has 8 heteroatoms. The zero-order valence-electron chi connectivity index (χ0n) is 15.8. The Morgan fingerprint density at radius 2 is 1.82 bits per heavy atom. The van der Waals surface area contributed by atoms with E-state index in [4.69, 9.17) is 11.6 Å². The van der Waals surface area contributed by atoms with Gasteiger partial charge in [0.15, 0.2) is 0 Å². The third kappa shape index (κ3) is 3.95. The standard InChI is InChI=1S/C20H23ClN6O/c1-24-8-7-22-18(24)15-25-9-11-26(12-10-25)17-13-23-27(20(28)19(17)21)14-16-5-3-2-4-6-16/h2-8,13H,9-12,14-15H2,1H3. The second kappa shape index (κ2) is 8.16. The monoisotopic (exact) mass is 398 g/mol. The highest BCUT2D eigenvalue weighted by Crippen LogP contribution is 2.22. The van der Waals surface area contributed by atoms with Gasteiger partial charge in [-0.3, -0.25) is 9.69 Å². The summed E-state index contributed by atoms with van der Waals surface area (Å²) in [6, 6.07) is 9.78. The summed E-state index contributed by atoms with van der Waals surface area (Å²) in [5, 5.41) is 4.59. The lowest BCUT2D eigenvalue weighted by atomic mass is 10.2. The summed E-state index contributed by atoms with van der Waals surface area (Å²) in [4.78, 5) is 21.6. The summed E-state index contributed by atoms with van der Waals surface area (Å²) in [7, 11) is 2.01. The number of piperazine rings is 1. The van der Waals surface area contributed by atoms with Crippen molar-refractivity contribution in [2.75, 3.05) is 31.1 Å². The molecule has 1 aromatic carbocycles. The van der Waals surface area contributed by atoms with Crippen LogP contribution in [0.4, 0.5) is 5.69 Å². The molecular weight excluding hydrogens is 376 g/mol. The number of halogens is 1. The Labute approximate surface area is 168 Å². The van der Waals surface area contributed by atoms with E-state index in [1.165, 1.54) is 4.68 Å². The van der Waals surface area contributed by atoms with Gasteiger partial charge in [-0.2, -0.15) is 5.10 Å². The van der Waals surface area contributed by atoms with E-state index in [0.29, 0.717) is 12.2 Å². The van der Waals surface area contributed by atoms with Gasteiger partial charge in [-0.15, -0.1) is 0 Å². The lowest BCUT2D eigenvalue weighted by molar-refractivity contribution is 0.241. The number of hydrogen-bond acceptors (Lipinski definition) is 5. The fourth-order valence-corrected chi connectivity index (χ4v) is 3.71. The van der Waals surface area contributed by atoms with Crippen LogP contribution in [0.5, 0.6) is 0 Å². The molecule has 0 spiro atoms. The Hall–Kier alpha value is -2.64. The fraction of sp³-hybridized carbons (Fsp3) is 0.350. The average Bonchev–Trinajstić information content (AvgIpc) is 3.12. The summed E-state index contributed by atoms with van der Waals surface area (Å²) < 4.78 is 3.46. The van der Waals surface area contributed by atoms with Crippen molar-refractivity contribution < 1.29 is 0 Å². The zero-order chi connectivity index (χ0) is 19.5. The van der Waals surface area contributed by atoms with Crippen LogP contribution in [-0.2, 0) is 20.1 Å². The van der Waals surface area contributed by atoms with Gasteiger partial charge in [-0.05, 0) is 5.56 Å². The van der Waals surface area contributed by atoms with Crippen LogP contribution in [0.3, 0.4) is 0 Å². The molecule has 1 saturated heterocycles. The summed E-state index contributed by atoms with van der Waals surface area (Å²) in [6.07, 6.45) is 5.49. The first-order valence-electron chi connectivity index (χ1n) is 9.35. The summed E-state index contributed by atoms with van der Waals surface area (Å²) in [5.41, 5.74) is 1.48. The van der Waals surface area contributed by atoms with Crippen molar-refractivity contribution in [2.45, 2.75) is 13.1 Å². The predicted molar refractivity (Wildman–Crippen MR) is 110 cm³/mol. The summed E-state index contributed by atoms with van der Waals surface area (Å²) in [5.74, 6) is 1.05. The van der Waals surface area contributed by atoms with Gasteiger partial charge in [0.25, 0.3) is 5.56 Å². The Morgan fingerprint density at radius 3 is 2.50 bits per heavy atom. The molecular formula is C20H23ClN6O. The lowest BCUT2D eigenvalue weighted by Gasteiger charge is -2.36. The van der Waals surface area contributed by atoms with E-state index < -0.39 is 0 Å². The largest absolute Gasteiger partial charge is 0.366 e. The van der Waals surface area contributed by atoms with Gasteiger partial charge >= 0.3 is 0 Å². The third-order valence-corrected chi connectivity index (χ3v) is 5.50. The molecule has 0 unspecified atom stereocenters. The Bertz CT molecular complexity index is 991. The van der Waals surface area contributed by atoms with E-state index in [2.05, 4.69) is 19.9 Å². The van der Waals surface area contributed by atoms with Crippen LogP contribution >= 0.6 is 11.6 Å². The highest BCUT2D eigenvalue weighted by Gasteiger charge is 2.22. The second-order valence-corrected chi connectivity index (χ2v) is 7.39. The smallest absolute Gasteiger partial charge is 0.287 e. The molecule has 7 nitrogen and oxygen atoms in total. The maximum Gasteiger partial charge on any atom is 0.287 e. The van der Waals surface area contributed by atoms with Crippen LogP contribution in [0, 0.1) is 0 Å². The Morgan fingerprint density at radius 1 is 1.07 bits per heavy atom. The topological polar surface area (TPSA) is 59.2 Å². The summed E-state index contributed by atoms with van der Waals surface area (Å²) >= 11 is 6.43. The first-order chi connectivity index (χ1) is 13.6. The number of imidazole rings is 1. The summed E-state index contributed by atoms with van der Waals surface area (Å²) in [6.45, 7) is 4.60.